The molecule has 0 aliphatic carbocycles. The zero-order valence-corrected chi connectivity index (χ0v) is 18.4. The average molecular weight is 483 g/mol. The number of aliphatic hydroxyl groups excluding tert-OH is 1. The van der Waals surface area contributed by atoms with E-state index in [2.05, 4.69) is 10.3 Å². The van der Waals surface area contributed by atoms with Gasteiger partial charge < -0.3 is 20.1 Å². The molecule has 148 valence electrons. The molecule has 0 saturated heterocycles. The van der Waals surface area contributed by atoms with Gasteiger partial charge >= 0.3 is 0 Å². The van der Waals surface area contributed by atoms with Gasteiger partial charge in [0.15, 0.2) is 5.96 Å². The highest BCUT2D eigenvalue weighted by atomic mass is 127. The van der Waals surface area contributed by atoms with Crippen LogP contribution in [0.3, 0.4) is 0 Å². The number of nitrogens with one attached hydrogen (secondary N) is 1. The molecule has 2 rings (SSSR count). The first-order valence-electron chi connectivity index (χ1n) is 9.08. The van der Waals surface area contributed by atoms with Crippen LogP contribution < -0.4 is 10.1 Å². The molecule has 27 heavy (non-hydrogen) atoms. The molecular formula is C21H30IN3O2. The Balaban J connectivity index is 0.00000364. The van der Waals surface area contributed by atoms with E-state index in [-0.39, 0.29) is 24.0 Å². The lowest BCUT2D eigenvalue weighted by Gasteiger charge is -2.22. The maximum absolute atomic E-state index is 10.2. The molecule has 1 atom stereocenters. The molecule has 0 aromatic heterocycles. The molecule has 2 N–H and O–H groups in total. The highest BCUT2D eigenvalue weighted by Gasteiger charge is 2.09. The van der Waals surface area contributed by atoms with Crippen LogP contribution in [0.4, 0.5) is 0 Å². The van der Waals surface area contributed by atoms with Crippen LogP contribution in [0, 0.1) is 0 Å². The number of hydrogen-bond donors (Lipinski definition) is 2. The first-order valence-corrected chi connectivity index (χ1v) is 9.08. The first kappa shape index (κ1) is 23.2. The van der Waals surface area contributed by atoms with Crippen molar-refractivity contribution < 1.29 is 9.84 Å². The third-order valence-corrected chi connectivity index (χ3v) is 3.90. The Hall–Kier alpha value is -1.80. The lowest BCUT2D eigenvalue weighted by atomic mass is 10.1. The van der Waals surface area contributed by atoms with E-state index in [9.17, 15) is 5.11 Å². The average Bonchev–Trinajstić information content (AvgIpc) is 2.66. The number of hydrogen-bond acceptors (Lipinski definition) is 3. The molecule has 6 heteroatoms. The van der Waals surface area contributed by atoms with Gasteiger partial charge in [-0.05, 0) is 24.6 Å². The van der Waals surface area contributed by atoms with E-state index < -0.39 is 6.10 Å². The lowest BCUT2D eigenvalue weighted by molar-refractivity contribution is 0.183. The molecular weight excluding hydrogens is 453 g/mol. The fourth-order valence-electron chi connectivity index (χ4n) is 2.54. The highest BCUT2D eigenvalue weighted by Crippen LogP contribution is 2.08. The monoisotopic (exact) mass is 483 g/mol. The predicted molar refractivity (Wildman–Crippen MR) is 122 cm³/mol. The van der Waals surface area contributed by atoms with Crippen LogP contribution in [0.5, 0.6) is 5.75 Å². The second-order valence-electron chi connectivity index (χ2n) is 6.12. The van der Waals surface area contributed by atoms with Gasteiger partial charge in [0, 0.05) is 20.0 Å². The van der Waals surface area contributed by atoms with E-state index in [1.807, 2.05) is 79.5 Å². The molecule has 0 aliphatic rings. The van der Waals surface area contributed by atoms with Crippen molar-refractivity contribution in [2.75, 3.05) is 33.3 Å². The Morgan fingerprint density at radius 1 is 1.11 bits per heavy atom. The number of halogens is 1. The summed E-state index contributed by atoms with van der Waals surface area (Å²) in [5.74, 6) is 1.64. The van der Waals surface area contributed by atoms with Crippen LogP contribution in [0.25, 0.3) is 0 Å². The summed E-state index contributed by atoms with van der Waals surface area (Å²) in [4.78, 5) is 6.58. The van der Waals surface area contributed by atoms with Crippen LogP contribution in [0.2, 0.25) is 0 Å². The number of benzene rings is 2. The number of rotatable bonds is 9. The van der Waals surface area contributed by atoms with Gasteiger partial charge in [0.1, 0.15) is 12.4 Å². The summed E-state index contributed by atoms with van der Waals surface area (Å²) in [6, 6.07) is 19.7. The number of aliphatic imine (C=N–C) groups is 1. The van der Waals surface area contributed by atoms with Gasteiger partial charge in [0.2, 0.25) is 0 Å². The van der Waals surface area contributed by atoms with Crippen molar-refractivity contribution in [2.45, 2.75) is 19.4 Å². The number of nitrogens with zero attached hydrogens (tertiary/aromatic N) is 2. The maximum Gasteiger partial charge on any atom is 0.193 e. The summed E-state index contributed by atoms with van der Waals surface area (Å²) < 4.78 is 5.74. The summed E-state index contributed by atoms with van der Waals surface area (Å²) in [6.45, 7) is 4.44. The fourth-order valence-corrected chi connectivity index (χ4v) is 2.54. The molecule has 0 heterocycles. The number of ether oxygens (including phenoxy) is 1. The zero-order valence-electron chi connectivity index (χ0n) is 16.0. The largest absolute Gasteiger partial charge is 0.492 e. The molecule has 0 fully saturated rings. The predicted octanol–water partition coefficient (Wildman–Crippen LogP) is 3.18. The van der Waals surface area contributed by atoms with Crippen molar-refractivity contribution in [3.63, 3.8) is 0 Å². The lowest BCUT2D eigenvalue weighted by Crippen LogP contribution is -2.41. The number of guanidine groups is 1. The van der Waals surface area contributed by atoms with Crippen molar-refractivity contribution in [1.29, 1.82) is 0 Å². The molecule has 0 radical (unpaired) electrons. The summed E-state index contributed by atoms with van der Waals surface area (Å²) >= 11 is 0. The van der Waals surface area contributed by atoms with E-state index in [0.717, 1.165) is 23.8 Å². The minimum Gasteiger partial charge on any atom is -0.492 e. The second-order valence-corrected chi connectivity index (χ2v) is 6.12. The van der Waals surface area contributed by atoms with Crippen LogP contribution in [-0.2, 0) is 6.42 Å². The summed E-state index contributed by atoms with van der Waals surface area (Å²) in [5.41, 5.74) is 1.12. The van der Waals surface area contributed by atoms with Crippen molar-refractivity contribution in [3.05, 3.63) is 66.2 Å². The normalized spacial score (nSPS) is 12.0. The molecule has 0 saturated carbocycles. The highest BCUT2D eigenvalue weighted by molar-refractivity contribution is 14.0. The Labute approximate surface area is 179 Å². The smallest absolute Gasteiger partial charge is 0.193 e. The third kappa shape index (κ3) is 9.10. The van der Waals surface area contributed by atoms with Crippen molar-refractivity contribution in [2.24, 2.45) is 4.99 Å². The summed E-state index contributed by atoms with van der Waals surface area (Å²) in [5, 5.41) is 13.5. The number of para-hydroxylation sites is 1. The van der Waals surface area contributed by atoms with Gasteiger partial charge in [-0.15, -0.1) is 24.0 Å². The second kappa shape index (κ2) is 13.4. The molecule has 0 aliphatic heterocycles. The third-order valence-electron chi connectivity index (χ3n) is 3.90. The van der Waals surface area contributed by atoms with Crippen LogP contribution >= 0.6 is 24.0 Å². The van der Waals surface area contributed by atoms with E-state index in [4.69, 9.17) is 4.74 Å². The Morgan fingerprint density at radius 2 is 1.74 bits per heavy atom. The Morgan fingerprint density at radius 3 is 2.37 bits per heavy atom. The van der Waals surface area contributed by atoms with E-state index >= 15 is 0 Å². The van der Waals surface area contributed by atoms with Gasteiger partial charge in [-0.3, -0.25) is 4.99 Å². The first-order chi connectivity index (χ1) is 12.7. The minimum atomic E-state index is -0.500. The van der Waals surface area contributed by atoms with E-state index in [0.29, 0.717) is 26.1 Å². The minimum absolute atomic E-state index is 0. The van der Waals surface area contributed by atoms with Crippen LogP contribution in [0.1, 0.15) is 12.5 Å². The SMILES string of the molecule is CCNC(=NCC(O)Cc1ccccc1)N(C)CCOc1ccccc1.I. The Bertz CT molecular complexity index is 653. The fraction of sp³-hybridized carbons (Fsp3) is 0.381. The van der Waals surface area contributed by atoms with E-state index in [1.165, 1.54) is 0 Å². The van der Waals surface area contributed by atoms with Crippen LogP contribution in [0.15, 0.2) is 65.7 Å². The summed E-state index contributed by atoms with van der Waals surface area (Å²) in [6.07, 6.45) is 0.102. The topological polar surface area (TPSA) is 57.1 Å². The molecule has 2 aromatic rings. The maximum atomic E-state index is 10.2. The molecule has 5 nitrogen and oxygen atoms in total. The van der Waals surface area contributed by atoms with Crippen molar-refractivity contribution in [1.82, 2.24) is 10.2 Å². The number of aliphatic hydroxyl groups is 1. The molecule has 0 spiro atoms. The van der Waals surface area contributed by atoms with Crippen molar-refractivity contribution >= 4 is 29.9 Å². The quantitative estimate of drug-likeness (QED) is 0.327. The summed E-state index contributed by atoms with van der Waals surface area (Å²) in [7, 11) is 1.97. The van der Waals surface area contributed by atoms with E-state index in [1.54, 1.807) is 0 Å². The Kier molecular flexibility index (Phi) is 11.5. The van der Waals surface area contributed by atoms with Gasteiger partial charge in [-0.2, -0.15) is 0 Å². The molecule has 1 unspecified atom stereocenters. The van der Waals surface area contributed by atoms with Gasteiger partial charge in [0.05, 0.1) is 19.2 Å². The molecule has 0 bridgehead atoms. The zero-order chi connectivity index (χ0) is 18.6. The molecule has 0 amide bonds. The van der Waals surface area contributed by atoms with Gasteiger partial charge in [-0.1, -0.05) is 48.5 Å². The van der Waals surface area contributed by atoms with Crippen LogP contribution in [-0.4, -0.2) is 55.4 Å². The molecule has 2 aromatic carbocycles. The standard InChI is InChI=1S/C21H29N3O2.HI/c1-3-22-21(23-17-19(25)16-18-10-6-4-7-11-18)24(2)14-15-26-20-12-8-5-9-13-20;/h4-13,19,25H,3,14-17H2,1-2H3,(H,22,23);1H. The van der Waals surface area contributed by atoms with Gasteiger partial charge in [0.25, 0.3) is 0 Å². The van der Waals surface area contributed by atoms with Gasteiger partial charge in [-0.25, -0.2) is 0 Å². The number of likely N-dealkylation sites (N-methyl/N-ethyl adjacent to an activating group) is 1. The van der Waals surface area contributed by atoms with Crippen molar-refractivity contribution in [3.8, 4) is 5.75 Å².